The van der Waals surface area contributed by atoms with E-state index in [1.807, 2.05) is 27.0 Å². The van der Waals surface area contributed by atoms with Gasteiger partial charge in [-0.3, -0.25) is 4.57 Å². The van der Waals surface area contributed by atoms with Gasteiger partial charge in [0.15, 0.2) is 10.3 Å². The highest BCUT2D eigenvalue weighted by atomic mass is 32.2. The summed E-state index contributed by atoms with van der Waals surface area (Å²) in [5, 5.41) is 11.4. The van der Waals surface area contributed by atoms with E-state index in [0.717, 1.165) is 27.5 Å². The molecule has 0 fully saturated rings. The van der Waals surface area contributed by atoms with Crippen LogP contribution >= 0.6 is 23.1 Å². The molecule has 0 saturated carbocycles. The van der Waals surface area contributed by atoms with Crippen LogP contribution in [0.1, 0.15) is 31.7 Å². The van der Waals surface area contributed by atoms with E-state index in [-0.39, 0.29) is 11.7 Å². The number of H-pyrrole nitrogens is 1. The van der Waals surface area contributed by atoms with Crippen LogP contribution in [0.3, 0.4) is 0 Å². The number of nitrogens with one attached hydrogen (secondary N) is 2. The Morgan fingerprint density at radius 2 is 2.37 bits per heavy atom. The van der Waals surface area contributed by atoms with Crippen LogP contribution in [0.5, 0.6) is 0 Å². The molecule has 0 aromatic carbocycles. The molecule has 2 N–H and O–H groups in total. The highest BCUT2D eigenvalue weighted by Gasteiger charge is 2.12. The van der Waals surface area contributed by atoms with Gasteiger partial charge in [-0.1, -0.05) is 11.8 Å². The Morgan fingerprint density at radius 1 is 1.58 bits per heavy atom. The quantitative estimate of drug-likeness (QED) is 0.801. The predicted octanol–water partition coefficient (Wildman–Crippen LogP) is 2.33. The van der Waals surface area contributed by atoms with Gasteiger partial charge in [-0.25, -0.2) is 14.9 Å². The molecule has 8 heteroatoms. The van der Waals surface area contributed by atoms with Crippen molar-refractivity contribution in [2.75, 3.05) is 11.9 Å². The van der Waals surface area contributed by atoms with E-state index in [9.17, 15) is 4.79 Å². The number of nitrogens with zero attached hydrogens (tertiary/aromatic N) is 3. The lowest BCUT2D eigenvalue weighted by Gasteiger charge is -2.07. The number of thiazole rings is 1. The number of hydrogen-bond acceptors (Lipinski definition) is 6. The molecule has 2 aromatic heterocycles. The lowest BCUT2D eigenvalue weighted by molar-refractivity contribution is 0.534. The first-order chi connectivity index (χ1) is 9.11. The second-order valence-corrected chi connectivity index (χ2v) is 6.28. The summed E-state index contributed by atoms with van der Waals surface area (Å²) in [7, 11) is 0. The SMILES string of the molecule is CCNc1ncc(CSc2n[nH]c(=O)n2C(C)C)s1. The number of anilines is 1. The summed E-state index contributed by atoms with van der Waals surface area (Å²) in [6, 6.07) is 0.104. The van der Waals surface area contributed by atoms with Gasteiger partial charge in [0.1, 0.15) is 0 Å². The Bertz CT molecular complexity index is 586. The Balaban J connectivity index is 2.04. The maximum absolute atomic E-state index is 11.6. The van der Waals surface area contributed by atoms with Crippen LogP contribution < -0.4 is 11.0 Å². The van der Waals surface area contributed by atoms with Crippen LogP contribution in [0.2, 0.25) is 0 Å². The van der Waals surface area contributed by atoms with E-state index in [2.05, 4.69) is 20.5 Å². The van der Waals surface area contributed by atoms with Crippen LogP contribution in [-0.2, 0) is 5.75 Å². The fraction of sp³-hybridized carbons (Fsp3) is 0.545. The maximum Gasteiger partial charge on any atom is 0.344 e. The summed E-state index contributed by atoms with van der Waals surface area (Å²) in [6.07, 6.45) is 1.86. The molecule has 0 spiro atoms. The first-order valence-electron chi connectivity index (χ1n) is 6.10. The third kappa shape index (κ3) is 3.38. The molecular formula is C11H17N5OS2. The van der Waals surface area contributed by atoms with Crippen molar-refractivity contribution in [1.82, 2.24) is 19.7 Å². The zero-order valence-corrected chi connectivity index (χ0v) is 12.8. The van der Waals surface area contributed by atoms with Crippen LogP contribution in [-0.4, -0.2) is 26.3 Å². The minimum absolute atomic E-state index is 0.104. The number of hydrogen-bond donors (Lipinski definition) is 2. The Hall–Kier alpha value is -1.28. The number of aromatic nitrogens is 4. The third-order valence-corrected chi connectivity index (χ3v) is 4.55. The van der Waals surface area contributed by atoms with Crippen molar-refractivity contribution < 1.29 is 0 Å². The topological polar surface area (TPSA) is 75.6 Å². The van der Waals surface area contributed by atoms with Gasteiger partial charge in [0.2, 0.25) is 0 Å². The molecule has 0 atom stereocenters. The average molecular weight is 299 g/mol. The normalized spacial score (nSPS) is 11.2. The zero-order chi connectivity index (χ0) is 13.8. The molecule has 19 heavy (non-hydrogen) atoms. The smallest absolute Gasteiger partial charge is 0.344 e. The molecule has 2 heterocycles. The molecule has 0 radical (unpaired) electrons. The Kier molecular flexibility index (Phi) is 4.65. The van der Waals surface area contributed by atoms with Crippen molar-refractivity contribution in [1.29, 1.82) is 0 Å². The summed E-state index contributed by atoms with van der Waals surface area (Å²) in [5.41, 5.74) is -0.157. The van der Waals surface area contributed by atoms with Gasteiger partial charge in [0.25, 0.3) is 0 Å². The van der Waals surface area contributed by atoms with Crippen molar-refractivity contribution in [3.63, 3.8) is 0 Å². The van der Waals surface area contributed by atoms with Crippen LogP contribution in [0, 0.1) is 0 Å². The molecule has 0 aliphatic carbocycles. The fourth-order valence-corrected chi connectivity index (χ4v) is 3.57. The standard InChI is InChI=1S/C11H17N5OS2/c1-4-12-9-13-5-8(19-9)6-18-11-15-14-10(17)16(11)7(2)3/h5,7H,4,6H2,1-3H3,(H,12,13)(H,14,17). The summed E-state index contributed by atoms with van der Waals surface area (Å²) in [4.78, 5) is 17.0. The highest BCUT2D eigenvalue weighted by Crippen LogP contribution is 2.26. The summed E-state index contributed by atoms with van der Waals surface area (Å²) >= 11 is 3.17. The number of aromatic amines is 1. The molecule has 0 aliphatic heterocycles. The first-order valence-corrected chi connectivity index (χ1v) is 7.90. The minimum atomic E-state index is -0.157. The number of rotatable bonds is 6. The highest BCUT2D eigenvalue weighted by molar-refractivity contribution is 7.98. The van der Waals surface area contributed by atoms with Crippen molar-refractivity contribution >= 4 is 28.2 Å². The maximum atomic E-state index is 11.6. The second kappa shape index (κ2) is 6.25. The van der Waals surface area contributed by atoms with E-state index in [1.54, 1.807) is 27.7 Å². The molecule has 2 rings (SSSR count). The Labute approximate surface area is 119 Å². The summed E-state index contributed by atoms with van der Waals surface area (Å²) < 4.78 is 1.66. The van der Waals surface area contributed by atoms with Gasteiger partial charge >= 0.3 is 5.69 Å². The van der Waals surface area contributed by atoms with Crippen molar-refractivity contribution in [3.05, 3.63) is 21.6 Å². The predicted molar refractivity (Wildman–Crippen MR) is 79.1 cm³/mol. The molecule has 0 amide bonds. The minimum Gasteiger partial charge on any atom is -0.362 e. The molecule has 2 aromatic rings. The van der Waals surface area contributed by atoms with Crippen molar-refractivity contribution in [3.8, 4) is 0 Å². The van der Waals surface area contributed by atoms with Gasteiger partial charge in [0.05, 0.1) is 0 Å². The van der Waals surface area contributed by atoms with E-state index in [0.29, 0.717) is 0 Å². The summed E-state index contributed by atoms with van der Waals surface area (Å²) in [5.74, 6) is 0.764. The molecule has 0 bridgehead atoms. The molecule has 0 aliphatic rings. The van der Waals surface area contributed by atoms with Crippen LogP contribution in [0.4, 0.5) is 5.13 Å². The van der Waals surface area contributed by atoms with Crippen LogP contribution in [0.15, 0.2) is 16.1 Å². The largest absolute Gasteiger partial charge is 0.362 e. The number of thioether (sulfide) groups is 1. The van der Waals surface area contributed by atoms with Gasteiger partial charge in [-0.05, 0) is 20.8 Å². The van der Waals surface area contributed by atoms with E-state index in [1.165, 1.54) is 0 Å². The monoisotopic (exact) mass is 299 g/mol. The fourth-order valence-electron chi connectivity index (χ4n) is 1.59. The summed E-state index contributed by atoms with van der Waals surface area (Å²) in [6.45, 7) is 6.85. The second-order valence-electron chi connectivity index (χ2n) is 4.23. The lowest BCUT2D eigenvalue weighted by Crippen LogP contribution is -2.19. The van der Waals surface area contributed by atoms with Gasteiger partial charge in [0, 0.05) is 29.4 Å². The van der Waals surface area contributed by atoms with E-state index >= 15 is 0 Å². The van der Waals surface area contributed by atoms with E-state index < -0.39 is 0 Å². The van der Waals surface area contributed by atoms with Gasteiger partial charge in [-0.2, -0.15) is 0 Å². The van der Waals surface area contributed by atoms with Crippen LogP contribution in [0.25, 0.3) is 0 Å². The van der Waals surface area contributed by atoms with Crippen molar-refractivity contribution in [2.24, 2.45) is 0 Å². The zero-order valence-electron chi connectivity index (χ0n) is 11.1. The molecule has 0 saturated heterocycles. The third-order valence-electron chi connectivity index (χ3n) is 2.41. The van der Waals surface area contributed by atoms with Crippen molar-refractivity contribution in [2.45, 2.75) is 37.7 Å². The van der Waals surface area contributed by atoms with Gasteiger partial charge < -0.3 is 5.32 Å². The van der Waals surface area contributed by atoms with Gasteiger partial charge in [-0.15, -0.1) is 16.4 Å². The lowest BCUT2D eigenvalue weighted by atomic mass is 10.4. The molecule has 6 nitrogen and oxygen atoms in total. The van der Waals surface area contributed by atoms with E-state index in [4.69, 9.17) is 0 Å². The molecule has 0 unspecified atom stereocenters. The average Bonchev–Trinajstić information content (AvgIpc) is 2.94. The first kappa shape index (κ1) is 14.1. The molecule has 104 valence electrons. The molecular weight excluding hydrogens is 282 g/mol. The Morgan fingerprint density at radius 3 is 3.05 bits per heavy atom.